The van der Waals surface area contributed by atoms with Gasteiger partial charge in [0.25, 0.3) is 5.91 Å². The Kier molecular flexibility index (Phi) is 4.51. The molecular formula is C19H24N2O2. The van der Waals surface area contributed by atoms with Crippen LogP contribution >= 0.6 is 0 Å². The van der Waals surface area contributed by atoms with Gasteiger partial charge in [0.05, 0.1) is 23.9 Å². The standard InChI is InChI=1S/C19H24N2O2/c1-13-5-4-9-21(10-8-13)19(22)17-12-15-11-16(23-3)6-7-18(15)20-14(17)2/h6-7,11-13H,4-5,8-10H2,1-3H3/t13-/m1/s1. The number of pyridine rings is 1. The maximum absolute atomic E-state index is 12.9. The van der Waals surface area contributed by atoms with Gasteiger partial charge >= 0.3 is 0 Å². The van der Waals surface area contributed by atoms with Gasteiger partial charge in [0.15, 0.2) is 0 Å². The first-order valence-electron chi connectivity index (χ1n) is 8.33. The average Bonchev–Trinajstić information content (AvgIpc) is 2.78. The van der Waals surface area contributed by atoms with Crippen LogP contribution in [0.25, 0.3) is 10.9 Å². The highest BCUT2D eigenvalue weighted by Crippen LogP contribution is 2.24. The van der Waals surface area contributed by atoms with Crippen molar-refractivity contribution < 1.29 is 9.53 Å². The van der Waals surface area contributed by atoms with E-state index in [0.717, 1.165) is 48.3 Å². The van der Waals surface area contributed by atoms with E-state index in [1.54, 1.807) is 7.11 Å². The highest BCUT2D eigenvalue weighted by atomic mass is 16.5. The molecule has 0 unspecified atom stereocenters. The number of aromatic nitrogens is 1. The third kappa shape index (κ3) is 3.31. The smallest absolute Gasteiger partial charge is 0.255 e. The second-order valence-corrected chi connectivity index (χ2v) is 6.51. The Labute approximate surface area is 137 Å². The van der Waals surface area contributed by atoms with Crippen molar-refractivity contribution in [3.63, 3.8) is 0 Å². The molecule has 1 atom stereocenters. The van der Waals surface area contributed by atoms with Crippen LogP contribution in [0.5, 0.6) is 5.75 Å². The number of likely N-dealkylation sites (tertiary alicyclic amines) is 1. The molecule has 4 heteroatoms. The molecule has 0 N–H and O–H groups in total. The number of ether oxygens (including phenoxy) is 1. The predicted octanol–water partition coefficient (Wildman–Crippen LogP) is 3.81. The van der Waals surface area contributed by atoms with Crippen LogP contribution in [0.2, 0.25) is 0 Å². The summed E-state index contributed by atoms with van der Waals surface area (Å²) in [6, 6.07) is 7.72. The number of carbonyl (C=O) groups excluding carboxylic acids is 1. The number of amides is 1. The lowest BCUT2D eigenvalue weighted by Crippen LogP contribution is -2.32. The minimum Gasteiger partial charge on any atom is -0.497 e. The number of benzene rings is 1. The summed E-state index contributed by atoms with van der Waals surface area (Å²) in [6.07, 6.45) is 3.37. The van der Waals surface area contributed by atoms with Crippen molar-refractivity contribution in [3.05, 3.63) is 35.5 Å². The third-order valence-electron chi connectivity index (χ3n) is 4.75. The Morgan fingerprint density at radius 1 is 1.26 bits per heavy atom. The molecule has 0 aliphatic carbocycles. The van der Waals surface area contributed by atoms with Crippen molar-refractivity contribution in [1.29, 1.82) is 0 Å². The van der Waals surface area contributed by atoms with E-state index in [1.807, 2.05) is 36.1 Å². The highest BCUT2D eigenvalue weighted by molar-refractivity contribution is 5.98. The van der Waals surface area contributed by atoms with Crippen molar-refractivity contribution >= 4 is 16.8 Å². The first-order chi connectivity index (χ1) is 11.1. The molecule has 0 spiro atoms. The fourth-order valence-electron chi connectivity index (χ4n) is 3.23. The fraction of sp³-hybridized carbons (Fsp3) is 0.474. The van der Waals surface area contributed by atoms with Crippen LogP contribution in [0.15, 0.2) is 24.3 Å². The summed E-state index contributed by atoms with van der Waals surface area (Å²) in [5.41, 5.74) is 2.40. The molecule has 2 heterocycles. The summed E-state index contributed by atoms with van der Waals surface area (Å²) in [7, 11) is 1.65. The van der Waals surface area contributed by atoms with Crippen LogP contribution in [0.3, 0.4) is 0 Å². The van der Waals surface area contributed by atoms with Gasteiger partial charge in [-0.1, -0.05) is 6.92 Å². The Morgan fingerprint density at radius 2 is 2.09 bits per heavy atom. The first kappa shape index (κ1) is 15.8. The van der Waals surface area contributed by atoms with Crippen LogP contribution in [-0.2, 0) is 0 Å². The van der Waals surface area contributed by atoms with Gasteiger partial charge in [0.1, 0.15) is 5.75 Å². The first-order valence-corrected chi connectivity index (χ1v) is 8.33. The molecular weight excluding hydrogens is 288 g/mol. The highest BCUT2D eigenvalue weighted by Gasteiger charge is 2.22. The van der Waals surface area contributed by atoms with Crippen LogP contribution in [-0.4, -0.2) is 36.0 Å². The molecule has 1 aliphatic heterocycles. The minimum atomic E-state index is 0.105. The molecule has 0 bridgehead atoms. The number of nitrogens with zero attached hydrogens (tertiary/aromatic N) is 2. The Hall–Kier alpha value is -2.10. The molecule has 1 saturated heterocycles. The van der Waals surface area contributed by atoms with Crippen molar-refractivity contribution in [3.8, 4) is 5.75 Å². The van der Waals surface area contributed by atoms with Crippen molar-refractivity contribution in [2.75, 3.05) is 20.2 Å². The molecule has 2 aromatic rings. The number of hydrogen-bond acceptors (Lipinski definition) is 3. The van der Waals surface area contributed by atoms with Crippen LogP contribution < -0.4 is 4.74 Å². The molecule has 3 rings (SSSR count). The summed E-state index contributed by atoms with van der Waals surface area (Å²) < 4.78 is 5.27. The van der Waals surface area contributed by atoms with Gasteiger partial charge < -0.3 is 9.64 Å². The zero-order chi connectivity index (χ0) is 16.4. The molecule has 0 saturated carbocycles. The molecule has 1 fully saturated rings. The summed E-state index contributed by atoms with van der Waals surface area (Å²) >= 11 is 0. The zero-order valence-electron chi connectivity index (χ0n) is 14.1. The quantitative estimate of drug-likeness (QED) is 0.846. The zero-order valence-corrected chi connectivity index (χ0v) is 14.1. The molecule has 23 heavy (non-hydrogen) atoms. The second kappa shape index (κ2) is 6.57. The number of carbonyl (C=O) groups is 1. The number of methoxy groups -OCH3 is 1. The van der Waals surface area contributed by atoms with E-state index in [2.05, 4.69) is 11.9 Å². The van der Waals surface area contributed by atoms with E-state index in [1.165, 1.54) is 6.42 Å². The Morgan fingerprint density at radius 3 is 2.87 bits per heavy atom. The third-order valence-corrected chi connectivity index (χ3v) is 4.75. The second-order valence-electron chi connectivity index (χ2n) is 6.51. The van der Waals surface area contributed by atoms with E-state index in [9.17, 15) is 4.79 Å². The molecule has 4 nitrogen and oxygen atoms in total. The largest absolute Gasteiger partial charge is 0.497 e. The van der Waals surface area contributed by atoms with E-state index < -0.39 is 0 Å². The van der Waals surface area contributed by atoms with Crippen LogP contribution in [0.1, 0.15) is 42.2 Å². The predicted molar refractivity (Wildman–Crippen MR) is 92.0 cm³/mol. The van der Waals surface area contributed by atoms with Gasteiger partial charge in [-0.3, -0.25) is 9.78 Å². The normalized spacial score (nSPS) is 18.7. The Bertz CT molecular complexity index is 727. The SMILES string of the molecule is COc1ccc2nc(C)c(C(=O)N3CCC[C@@H](C)CC3)cc2c1. The molecule has 1 amide bonds. The molecule has 1 aromatic heterocycles. The number of hydrogen-bond donors (Lipinski definition) is 0. The summed E-state index contributed by atoms with van der Waals surface area (Å²) in [4.78, 5) is 19.5. The summed E-state index contributed by atoms with van der Waals surface area (Å²) in [5.74, 6) is 1.59. The maximum Gasteiger partial charge on any atom is 0.255 e. The fourth-order valence-corrected chi connectivity index (χ4v) is 3.23. The number of fused-ring (bicyclic) bond motifs is 1. The maximum atomic E-state index is 12.9. The van der Waals surface area contributed by atoms with E-state index in [4.69, 9.17) is 4.74 Å². The van der Waals surface area contributed by atoms with Crippen molar-refractivity contribution in [1.82, 2.24) is 9.88 Å². The Balaban J connectivity index is 1.94. The van der Waals surface area contributed by atoms with Gasteiger partial charge in [-0.05, 0) is 56.4 Å². The molecule has 1 aliphatic rings. The minimum absolute atomic E-state index is 0.105. The number of aryl methyl sites for hydroxylation is 1. The van der Waals surface area contributed by atoms with Gasteiger partial charge in [-0.15, -0.1) is 0 Å². The van der Waals surface area contributed by atoms with Gasteiger partial charge in [-0.25, -0.2) is 0 Å². The lowest BCUT2D eigenvalue weighted by Gasteiger charge is -2.21. The monoisotopic (exact) mass is 312 g/mol. The summed E-state index contributed by atoms with van der Waals surface area (Å²) in [6.45, 7) is 5.87. The lowest BCUT2D eigenvalue weighted by molar-refractivity contribution is 0.0759. The van der Waals surface area contributed by atoms with E-state index >= 15 is 0 Å². The molecule has 122 valence electrons. The average molecular weight is 312 g/mol. The molecule has 1 aromatic carbocycles. The van der Waals surface area contributed by atoms with Crippen molar-refractivity contribution in [2.45, 2.75) is 33.1 Å². The summed E-state index contributed by atoms with van der Waals surface area (Å²) in [5, 5.41) is 0.946. The molecule has 0 radical (unpaired) electrons. The van der Waals surface area contributed by atoms with Crippen LogP contribution in [0, 0.1) is 12.8 Å². The van der Waals surface area contributed by atoms with E-state index in [0.29, 0.717) is 11.5 Å². The number of rotatable bonds is 2. The van der Waals surface area contributed by atoms with Gasteiger partial charge in [0, 0.05) is 18.5 Å². The van der Waals surface area contributed by atoms with Crippen LogP contribution in [0.4, 0.5) is 0 Å². The topological polar surface area (TPSA) is 42.4 Å². The lowest BCUT2D eigenvalue weighted by atomic mass is 10.0. The van der Waals surface area contributed by atoms with Gasteiger partial charge in [0.2, 0.25) is 0 Å². The van der Waals surface area contributed by atoms with Gasteiger partial charge in [-0.2, -0.15) is 0 Å². The van der Waals surface area contributed by atoms with Crippen molar-refractivity contribution in [2.24, 2.45) is 5.92 Å². The van der Waals surface area contributed by atoms with E-state index in [-0.39, 0.29) is 5.91 Å².